The SMILES string of the molecule is CCC(C)c1cccc2[nH]c3ncccc3c12. The summed E-state index contributed by atoms with van der Waals surface area (Å²) in [4.78, 5) is 7.78. The molecule has 0 radical (unpaired) electrons. The van der Waals surface area contributed by atoms with Crippen LogP contribution in [0, 0.1) is 0 Å². The topological polar surface area (TPSA) is 28.7 Å². The third-order valence-corrected chi connectivity index (χ3v) is 3.57. The van der Waals surface area contributed by atoms with Crippen molar-refractivity contribution in [3.05, 3.63) is 42.1 Å². The van der Waals surface area contributed by atoms with Gasteiger partial charge >= 0.3 is 0 Å². The van der Waals surface area contributed by atoms with Gasteiger partial charge in [-0.3, -0.25) is 0 Å². The van der Waals surface area contributed by atoms with E-state index in [4.69, 9.17) is 0 Å². The van der Waals surface area contributed by atoms with E-state index in [1.165, 1.54) is 21.9 Å². The molecule has 3 rings (SSSR count). The molecule has 86 valence electrons. The van der Waals surface area contributed by atoms with Crippen LogP contribution in [0.2, 0.25) is 0 Å². The van der Waals surface area contributed by atoms with Crippen molar-refractivity contribution in [1.29, 1.82) is 0 Å². The number of hydrogen-bond acceptors (Lipinski definition) is 1. The van der Waals surface area contributed by atoms with E-state index in [1.54, 1.807) is 0 Å². The highest BCUT2D eigenvalue weighted by Gasteiger charge is 2.12. The number of aromatic amines is 1. The van der Waals surface area contributed by atoms with Crippen molar-refractivity contribution in [2.24, 2.45) is 0 Å². The third-order valence-electron chi connectivity index (χ3n) is 3.57. The number of rotatable bonds is 2. The summed E-state index contributed by atoms with van der Waals surface area (Å²) in [5.74, 6) is 0.581. The molecule has 1 N–H and O–H groups in total. The molecule has 0 aliphatic rings. The van der Waals surface area contributed by atoms with Crippen LogP contribution in [0.5, 0.6) is 0 Å². The van der Waals surface area contributed by atoms with Crippen molar-refractivity contribution in [3.8, 4) is 0 Å². The Labute approximate surface area is 101 Å². The van der Waals surface area contributed by atoms with Crippen LogP contribution < -0.4 is 0 Å². The Kier molecular flexibility index (Phi) is 2.36. The zero-order chi connectivity index (χ0) is 11.8. The first-order chi connectivity index (χ1) is 8.31. The van der Waals surface area contributed by atoms with Crippen molar-refractivity contribution in [2.75, 3.05) is 0 Å². The third kappa shape index (κ3) is 1.52. The van der Waals surface area contributed by atoms with Gasteiger partial charge in [0.25, 0.3) is 0 Å². The second-order valence-corrected chi connectivity index (χ2v) is 4.60. The molecular formula is C15H16N2. The molecule has 2 nitrogen and oxygen atoms in total. The Morgan fingerprint density at radius 3 is 2.94 bits per heavy atom. The Hall–Kier alpha value is -1.83. The average Bonchev–Trinajstić information content (AvgIpc) is 2.76. The molecule has 2 heteroatoms. The number of pyridine rings is 1. The van der Waals surface area contributed by atoms with Crippen LogP contribution in [0.15, 0.2) is 36.5 Å². The molecule has 0 bridgehead atoms. The van der Waals surface area contributed by atoms with Gasteiger partial charge in [0, 0.05) is 22.5 Å². The number of nitrogens with zero attached hydrogens (tertiary/aromatic N) is 1. The van der Waals surface area contributed by atoms with Crippen molar-refractivity contribution in [1.82, 2.24) is 9.97 Å². The van der Waals surface area contributed by atoms with Gasteiger partial charge in [0.2, 0.25) is 0 Å². The predicted octanol–water partition coefficient (Wildman–Crippen LogP) is 4.23. The summed E-state index contributed by atoms with van der Waals surface area (Å²) in [7, 11) is 0. The van der Waals surface area contributed by atoms with Crippen molar-refractivity contribution >= 4 is 21.9 Å². The lowest BCUT2D eigenvalue weighted by molar-refractivity contribution is 0.740. The summed E-state index contributed by atoms with van der Waals surface area (Å²) < 4.78 is 0. The van der Waals surface area contributed by atoms with Crippen LogP contribution in [0.4, 0.5) is 0 Å². The molecule has 0 aliphatic carbocycles. The highest BCUT2D eigenvalue weighted by molar-refractivity contribution is 6.07. The standard InChI is InChI=1S/C15H16N2/c1-3-10(2)11-6-4-8-13-14(11)12-7-5-9-16-15(12)17-13/h4-10H,3H2,1-2H3,(H,16,17). The molecule has 2 heterocycles. The quantitative estimate of drug-likeness (QED) is 0.693. The zero-order valence-corrected chi connectivity index (χ0v) is 10.2. The maximum Gasteiger partial charge on any atom is 0.138 e. The van der Waals surface area contributed by atoms with Crippen molar-refractivity contribution in [3.63, 3.8) is 0 Å². The molecular weight excluding hydrogens is 208 g/mol. The van der Waals surface area contributed by atoms with E-state index in [2.05, 4.69) is 48.1 Å². The molecule has 2 aromatic heterocycles. The molecule has 0 fully saturated rings. The Balaban J connectivity index is 2.43. The van der Waals surface area contributed by atoms with Crippen LogP contribution in [-0.4, -0.2) is 9.97 Å². The number of fused-ring (bicyclic) bond motifs is 3. The normalized spacial score (nSPS) is 13.3. The lowest BCUT2D eigenvalue weighted by atomic mass is 9.94. The van der Waals surface area contributed by atoms with Crippen LogP contribution in [0.25, 0.3) is 21.9 Å². The Morgan fingerprint density at radius 2 is 2.12 bits per heavy atom. The second kappa shape index (κ2) is 3.88. The summed E-state index contributed by atoms with van der Waals surface area (Å²) >= 11 is 0. The zero-order valence-electron chi connectivity index (χ0n) is 10.2. The fourth-order valence-corrected chi connectivity index (χ4v) is 2.44. The maximum absolute atomic E-state index is 4.39. The Bertz CT molecular complexity index is 667. The van der Waals surface area contributed by atoms with Gasteiger partial charge in [-0.25, -0.2) is 4.98 Å². The molecule has 1 atom stereocenters. The van der Waals surface area contributed by atoms with Gasteiger partial charge in [0.15, 0.2) is 0 Å². The van der Waals surface area contributed by atoms with Gasteiger partial charge in [-0.2, -0.15) is 0 Å². The Morgan fingerprint density at radius 1 is 1.24 bits per heavy atom. The lowest BCUT2D eigenvalue weighted by Crippen LogP contribution is -1.91. The molecule has 0 amide bonds. The van der Waals surface area contributed by atoms with E-state index in [0.717, 1.165) is 12.1 Å². The first kappa shape index (κ1) is 10.3. The van der Waals surface area contributed by atoms with Crippen molar-refractivity contribution < 1.29 is 0 Å². The van der Waals surface area contributed by atoms with E-state index in [-0.39, 0.29) is 0 Å². The van der Waals surface area contributed by atoms with E-state index in [0.29, 0.717) is 5.92 Å². The number of benzene rings is 1. The summed E-state index contributed by atoms with van der Waals surface area (Å²) in [5.41, 5.74) is 3.60. The molecule has 0 saturated carbocycles. The summed E-state index contributed by atoms with van der Waals surface area (Å²) in [5, 5.41) is 2.57. The van der Waals surface area contributed by atoms with Crippen LogP contribution in [0.1, 0.15) is 31.7 Å². The molecule has 0 spiro atoms. The lowest BCUT2D eigenvalue weighted by Gasteiger charge is -2.10. The molecule has 1 unspecified atom stereocenters. The van der Waals surface area contributed by atoms with Crippen molar-refractivity contribution in [2.45, 2.75) is 26.2 Å². The van der Waals surface area contributed by atoms with E-state index < -0.39 is 0 Å². The minimum Gasteiger partial charge on any atom is -0.339 e. The van der Waals surface area contributed by atoms with E-state index >= 15 is 0 Å². The summed E-state index contributed by atoms with van der Waals surface area (Å²) in [6.45, 7) is 4.51. The monoisotopic (exact) mass is 224 g/mol. The number of aromatic nitrogens is 2. The molecule has 0 aliphatic heterocycles. The highest BCUT2D eigenvalue weighted by atomic mass is 14.8. The molecule has 0 saturated heterocycles. The fourth-order valence-electron chi connectivity index (χ4n) is 2.44. The average molecular weight is 224 g/mol. The van der Waals surface area contributed by atoms with Crippen LogP contribution >= 0.6 is 0 Å². The smallest absolute Gasteiger partial charge is 0.138 e. The largest absolute Gasteiger partial charge is 0.339 e. The van der Waals surface area contributed by atoms with Crippen LogP contribution in [-0.2, 0) is 0 Å². The van der Waals surface area contributed by atoms with Gasteiger partial charge in [0.05, 0.1) is 0 Å². The summed E-state index contributed by atoms with van der Waals surface area (Å²) in [6.07, 6.45) is 2.99. The van der Waals surface area contributed by atoms with E-state index in [9.17, 15) is 0 Å². The molecule has 3 aromatic rings. The maximum atomic E-state index is 4.39. The highest BCUT2D eigenvalue weighted by Crippen LogP contribution is 2.32. The van der Waals surface area contributed by atoms with Gasteiger partial charge in [-0.1, -0.05) is 26.0 Å². The minimum absolute atomic E-state index is 0.581. The fraction of sp³-hybridized carbons (Fsp3) is 0.267. The predicted molar refractivity (Wildman–Crippen MR) is 72.3 cm³/mol. The first-order valence-corrected chi connectivity index (χ1v) is 6.16. The minimum atomic E-state index is 0.581. The first-order valence-electron chi connectivity index (χ1n) is 6.16. The number of hydrogen-bond donors (Lipinski definition) is 1. The molecule has 17 heavy (non-hydrogen) atoms. The van der Waals surface area contributed by atoms with E-state index in [1.807, 2.05) is 12.3 Å². The van der Waals surface area contributed by atoms with Gasteiger partial charge < -0.3 is 4.98 Å². The summed E-state index contributed by atoms with van der Waals surface area (Å²) in [6, 6.07) is 10.6. The number of nitrogens with one attached hydrogen (secondary N) is 1. The molecule has 1 aromatic carbocycles. The van der Waals surface area contributed by atoms with Gasteiger partial charge in [0.1, 0.15) is 5.65 Å². The van der Waals surface area contributed by atoms with Crippen LogP contribution in [0.3, 0.4) is 0 Å². The van der Waals surface area contributed by atoms with Gasteiger partial charge in [-0.15, -0.1) is 0 Å². The van der Waals surface area contributed by atoms with Gasteiger partial charge in [-0.05, 0) is 36.1 Å². The second-order valence-electron chi connectivity index (χ2n) is 4.60. The number of H-pyrrole nitrogens is 1.